The molecule has 4 rings (SSSR count). The summed E-state index contributed by atoms with van der Waals surface area (Å²) in [5.41, 5.74) is 4.43. The van der Waals surface area contributed by atoms with Gasteiger partial charge < -0.3 is 9.88 Å². The highest BCUT2D eigenvalue weighted by atomic mass is 16.1. The molecule has 1 N–H and O–H groups in total. The summed E-state index contributed by atoms with van der Waals surface area (Å²) in [7, 11) is 0. The number of H-pyrrole nitrogens is 1. The molecule has 0 radical (unpaired) electrons. The maximum absolute atomic E-state index is 12.9. The molecule has 0 aliphatic carbocycles. The van der Waals surface area contributed by atoms with Gasteiger partial charge in [0.2, 0.25) is 0 Å². The molecule has 1 aliphatic heterocycles. The van der Waals surface area contributed by atoms with E-state index in [1.165, 1.54) is 10.9 Å². The fourth-order valence-electron chi connectivity index (χ4n) is 3.44. The second-order valence-corrected chi connectivity index (χ2v) is 6.14. The average Bonchev–Trinajstić information content (AvgIpc) is 3.00. The monoisotopic (exact) mass is 308 g/mol. The van der Waals surface area contributed by atoms with Gasteiger partial charge in [0, 0.05) is 24.3 Å². The first-order chi connectivity index (χ1) is 11.3. The van der Waals surface area contributed by atoms with Gasteiger partial charge in [0.1, 0.15) is 11.3 Å². The van der Waals surface area contributed by atoms with E-state index in [-0.39, 0.29) is 5.56 Å². The van der Waals surface area contributed by atoms with Gasteiger partial charge in [-0.2, -0.15) is 9.61 Å². The number of nitrogens with one attached hydrogen (secondary N) is 1. The van der Waals surface area contributed by atoms with Gasteiger partial charge >= 0.3 is 0 Å². The van der Waals surface area contributed by atoms with Crippen molar-refractivity contribution in [2.45, 2.75) is 26.2 Å². The van der Waals surface area contributed by atoms with Crippen LogP contribution in [0.5, 0.6) is 0 Å². The van der Waals surface area contributed by atoms with Crippen LogP contribution >= 0.6 is 0 Å². The number of anilines is 1. The minimum atomic E-state index is -0.0275. The standard InChI is InChI=1S/C18H20N4O/c1-13-16(21-10-6-3-7-11-21)18(23)22-17(20-13)15(12-19-22)14-8-4-2-5-9-14/h2,4-5,8-9,12,20H,3,6-7,10-11H2,1H3. The molecule has 5 nitrogen and oxygen atoms in total. The summed E-state index contributed by atoms with van der Waals surface area (Å²) in [6.07, 6.45) is 5.30. The third kappa shape index (κ3) is 2.32. The molecule has 5 heteroatoms. The lowest BCUT2D eigenvalue weighted by Gasteiger charge is -2.29. The van der Waals surface area contributed by atoms with E-state index in [2.05, 4.69) is 15.0 Å². The van der Waals surface area contributed by atoms with Gasteiger partial charge in [0.05, 0.1) is 6.20 Å². The number of hydrogen-bond donors (Lipinski definition) is 1. The highest BCUT2D eigenvalue weighted by Gasteiger charge is 2.20. The molecule has 2 aromatic heterocycles. The number of aromatic amines is 1. The largest absolute Gasteiger partial charge is 0.366 e. The van der Waals surface area contributed by atoms with Crippen LogP contribution in [0.3, 0.4) is 0 Å². The molecule has 1 fully saturated rings. The van der Waals surface area contributed by atoms with Crippen LogP contribution < -0.4 is 10.5 Å². The number of aromatic nitrogens is 3. The average molecular weight is 308 g/mol. The van der Waals surface area contributed by atoms with Gasteiger partial charge in [-0.1, -0.05) is 30.3 Å². The topological polar surface area (TPSA) is 53.4 Å². The van der Waals surface area contributed by atoms with Crippen molar-refractivity contribution < 1.29 is 0 Å². The summed E-state index contributed by atoms with van der Waals surface area (Å²) < 4.78 is 1.50. The van der Waals surface area contributed by atoms with Crippen molar-refractivity contribution in [3.8, 4) is 11.1 Å². The summed E-state index contributed by atoms with van der Waals surface area (Å²) in [6.45, 7) is 3.87. The first-order valence-corrected chi connectivity index (χ1v) is 8.16. The highest BCUT2D eigenvalue weighted by Crippen LogP contribution is 2.25. The molecule has 1 saturated heterocycles. The van der Waals surface area contributed by atoms with Crippen LogP contribution in [0.1, 0.15) is 25.0 Å². The molecule has 3 heterocycles. The fourth-order valence-corrected chi connectivity index (χ4v) is 3.44. The third-order valence-corrected chi connectivity index (χ3v) is 4.58. The zero-order valence-electron chi connectivity index (χ0n) is 13.2. The quantitative estimate of drug-likeness (QED) is 0.792. The van der Waals surface area contributed by atoms with Gasteiger partial charge in [0.25, 0.3) is 5.56 Å². The van der Waals surface area contributed by atoms with Gasteiger partial charge in [-0.3, -0.25) is 4.79 Å². The molecule has 23 heavy (non-hydrogen) atoms. The molecule has 0 bridgehead atoms. The van der Waals surface area contributed by atoms with E-state index in [1.807, 2.05) is 37.3 Å². The van der Waals surface area contributed by atoms with Gasteiger partial charge in [-0.25, -0.2) is 0 Å². The molecule has 0 saturated carbocycles. The number of aryl methyl sites for hydroxylation is 1. The van der Waals surface area contributed by atoms with Gasteiger partial charge in [0.15, 0.2) is 0 Å². The summed E-state index contributed by atoms with van der Waals surface area (Å²) >= 11 is 0. The fraction of sp³-hybridized carbons (Fsp3) is 0.333. The molecular weight excluding hydrogens is 288 g/mol. The number of piperidine rings is 1. The Labute approximate surface area is 134 Å². The molecule has 0 atom stereocenters. The van der Waals surface area contributed by atoms with Crippen LogP contribution in [-0.2, 0) is 0 Å². The zero-order chi connectivity index (χ0) is 15.8. The van der Waals surface area contributed by atoms with E-state index in [4.69, 9.17) is 0 Å². The van der Waals surface area contributed by atoms with Crippen LogP contribution in [0.25, 0.3) is 16.8 Å². The second kappa shape index (κ2) is 5.57. The Morgan fingerprint density at radius 3 is 2.57 bits per heavy atom. The molecule has 1 aliphatic rings. The van der Waals surface area contributed by atoms with Crippen LogP contribution in [0, 0.1) is 6.92 Å². The zero-order valence-corrected chi connectivity index (χ0v) is 13.2. The van der Waals surface area contributed by atoms with Crippen molar-refractivity contribution in [1.82, 2.24) is 14.6 Å². The van der Waals surface area contributed by atoms with Crippen LogP contribution in [0.2, 0.25) is 0 Å². The Morgan fingerprint density at radius 1 is 1.09 bits per heavy atom. The lowest BCUT2D eigenvalue weighted by atomic mass is 10.1. The summed E-state index contributed by atoms with van der Waals surface area (Å²) in [5.74, 6) is 0. The van der Waals surface area contributed by atoms with E-state index >= 15 is 0 Å². The van der Waals surface area contributed by atoms with E-state index in [0.717, 1.165) is 54.1 Å². The molecule has 1 aromatic carbocycles. The van der Waals surface area contributed by atoms with E-state index in [0.29, 0.717) is 0 Å². The number of nitrogens with zero attached hydrogens (tertiary/aromatic N) is 3. The Hall–Kier alpha value is -2.56. The lowest BCUT2D eigenvalue weighted by Crippen LogP contribution is -2.36. The number of hydrogen-bond acceptors (Lipinski definition) is 3. The van der Waals surface area contributed by atoms with E-state index < -0.39 is 0 Å². The minimum Gasteiger partial charge on any atom is -0.366 e. The highest BCUT2D eigenvalue weighted by molar-refractivity contribution is 5.77. The lowest BCUT2D eigenvalue weighted by molar-refractivity contribution is 0.573. The second-order valence-electron chi connectivity index (χ2n) is 6.14. The SMILES string of the molecule is Cc1[nH]c2c(-c3ccccc3)cnn2c(=O)c1N1CCCCC1. The van der Waals surface area contributed by atoms with Crippen molar-refractivity contribution >= 4 is 11.3 Å². The molecular formula is C18H20N4O. The molecule has 0 spiro atoms. The Balaban J connectivity index is 1.89. The maximum atomic E-state index is 12.9. The molecule has 0 amide bonds. The third-order valence-electron chi connectivity index (χ3n) is 4.58. The van der Waals surface area contributed by atoms with Gasteiger partial charge in [-0.15, -0.1) is 0 Å². The van der Waals surface area contributed by atoms with E-state index in [9.17, 15) is 4.79 Å². The Morgan fingerprint density at radius 2 is 1.83 bits per heavy atom. The maximum Gasteiger partial charge on any atom is 0.298 e. The predicted molar refractivity (Wildman–Crippen MR) is 92.0 cm³/mol. The van der Waals surface area contributed by atoms with Crippen molar-refractivity contribution in [2.24, 2.45) is 0 Å². The van der Waals surface area contributed by atoms with Crippen LogP contribution in [0.4, 0.5) is 5.69 Å². The number of rotatable bonds is 2. The summed E-state index contributed by atoms with van der Waals surface area (Å²) in [4.78, 5) is 18.5. The van der Waals surface area contributed by atoms with Crippen LogP contribution in [-0.4, -0.2) is 27.7 Å². The summed E-state index contributed by atoms with van der Waals surface area (Å²) in [6, 6.07) is 10.0. The minimum absolute atomic E-state index is 0.0275. The molecule has 3 aromatic rings. The van der Waals surface area contributed by atoms with E-state index in [1.54, 1.807) is 6.20 Å². The van der Waals surface area contributed by atoms with Crippen LogP contribution in [0.15, 0.2) is 41.3 Å². The summed E-state index contributed by atoms with van der Waals surface area (Å²) in [5, 5.41) is 4.34. The van der Waals surface area contributed by atoms with Crippen molar-refractivity contribution in [2.75, 3.05) is 18.0 Å². The molecule has 0 unspecified atom stereocenters. The van der Waals surface area contributed by atoms with Crippen molar-refractivity contribution in [3.05, 3.63) is 52.6 Å². The number of fused-ring (bicyclic) bond motifs is 1. The Bertz CT molecular complexity index is 889. The first-order valence-electron chi connectivity index (χ1n) is 8.16. The van der Waals surface area contributed by atoms with Gasteiger partial charge in [-0.05, 0) is 31.7 Å². The van der Waals surface area contributed by atoms with Crippen molar-refractivity contribution in [1.29, 1.82) is 0 Å². The first kappa shape index (κ1) is 14.1. The Kier molecular flexibility index (Phi) is 3.41. The predicted octanol–water partition coefficient (Wildman–Crippen LogP) is 2.99. The smallest absolute Gasteiger partial charge is 0.298 e. The number of benzene rings is 1. The van der Waals surface area contributed by atoms with Crippen molar-refractivity contribution in [3.63, 3.8) is 0 Å². The normalized spacial score (nSPS) is 15.3. The molecule has 118 valence electrons.